The van der Waals surface area contributed by atoms with Crippen LogP contribution >= 0.6 is 23.2 Å². The number of carbonyl (C=O) groups excluding carboxylic acids is 1. The second-order valence-corrected chi connectivity index (χ2v) is 8.58. The number of hydrogen-bond acceptors (Lipinski definition) is 4. The summed E-state index contributed by atoms with van der Waals surface area (Å²) in [4.78, 5) is 23.7. The number of carboxylic acid groups (broad SMARTS) is 1. The van der Waals surface area contributed by atoms with E-state index in [0.717, 1.165) is 0 Å². The number of hydrogen-bond donors (Lipinski definition) is 3. The second-order valence-electron chi connectivity index (χ2n) is 6.06. The Morgan fingerprint density at radius 2 is 1.50 bits per heavy atom. The Labute approximate surface area is 182 Å². The minimum Gasteiger partial charge on any atom is -0.478 e. The fourth-order valence-electron chi connectivity index (χ4n) is 2.55. The standard InChI is InChI=1S/C20H14Cl2N2O5S/c21-13-6-10-15(11-7-13)30(28,29)24-17-3-1-2-16(22)18(17)19(25)23-14-8-4-12(5-9-14)20(26)27/h1-11,24H,(H,23,25)(H,26,27). The first-order valence-electron chi connectivity index (χ1n) is 8.39. The molecule has 0 saturated carbocycles. The molecule has 3 aromatic rings. The molecule has 0 spiro atoms. The van der Waals surface area contributed by atoms with Crippen LogP contribution in [-0.4, -0.2) is 25.4 Å². The van der Waals surface area contributed by atoms with Gasteiger partial charge in [-0.25, -0.2) is 13.2 Å². The van der Waals surface area contributed by atoms with Gasteiger partial charge in [-0.2, -0.15) is 0 Å². The topological polar surface area (TPSA) is 113 Å². The molecule has 0 aliphatic carbocycles. The summed E-state index contributed by atoms with van der Waals surface area (Å²) in [6.07, 6.45) is 0. The molecule has 3 aromatic carbocycles. The van der Waals surface area contributed by atoms with Crippen LogP contribution in [0.1, 0.15) is 20.7 Å². The van der Waals surface area contributed by atoms with E-state index in [4.69, 9.17) is 28.3 Å². The highest BCUT2D eigenvalue weighted by molar-refractivity contribution is 7.92. The molecule has 0 saturated heterocycles. The van der Waals surface area contributed by atoms with Crippen LogP contribution in [0.4, 0.5) is 11.4 Å². The van der Waals surface area contributed by atoms with Crippen molar-refractivity contribution in [3.8, 4) is 0 Å². The van der Waals surface area contributed by atoms with Crippen LogP contribution in [0, 0.1) is 0 Å². The third kappa shape index (κ3) is 4.91. The number of carboxylic acids is 1. The maximum Gasteiger partial charge on any atom is 0.335 e. The second kappa shape index (κ2) is 8.74. The summed E-state index contributed by atoms with van der Waals surface area (Å²) >= 11 is 12.0. The van der Waals surface area contributed by atoms with Crippen LogP contribution in [0.25, 0.3) is 0 Å². The van der Waals surface area contributed by atoms with E-state index in [2.05, 4.69) is 10.0 Å². The Kier molecular flexibility index (Phi) is 6.31. The van der Waals surface area contributed by atoms with Gasteiger partial charge < -0.3 is 10.4 Å². The van der Waals surface area contributed by atoms with Crippen LogP contribution in [0.15, 0.2) is 71.6 Å². The third-order valence-electron chi connectivity index (χ3n) is 4.00. The zero-order valence-corrected chi connectivity index (χ0v) is 17.4. The molecule has 0 bridgehead atoms. The van der Waals surface area contributed by atoms with E-state index in [1.165, 1.54) is 66.7 Å². The molecule has 0 aromatic heterocycles. The highest BCUT2D eigenvalue weighted by atomic mass is 35.5. The van der Waals surface area contributed by atoms with Gasteiger partial charge in [0.15, 0.2) is 0 Å². The zero-order valence-electron chi connectivity index (χ0n) is 15.1. The number of anilines is 2. The molecule has 0 atom stereocenters. The number of amides is 1. The molecule has 3 N–H and O–H groups in total. The number of nitrogens with one attached hydrogen (secondary N) is 2. The Morgan fingerprint density at radius 1 is 0.867 bits per heavy atom. The summed E-state index contributed by atoms with van der Waals surface area (Å²) in [6.45, 7) is 0. The van der Waals surface area contributed by atoms with Gasteiger partial charge in [0.2, 0.25) is 0 Å². The summed E-state index contributed by atoms with van der Waals surface area (Å²) in [7, 11) is -4.00. The fraction of sp³-hybridized carbons (Fsp3) is 0. The van der Waals surface area contributed by atoms with E-state index >= 15 is 0 Å². The normalized spacial score (nSPS) is 11.0. The van der Waals surface area contributed by atoms with Crippen LogP contribution in [0.5, 0.6) is 0 Å². The average Bonchev–Trinajstić information content (AvgIpc) is 2.68. The molecule has 3 rings (SSSR count). The number of halogens is 2. The summed E-state index contributed by atoms with van der Waals surface area (Å²) in [5.74, 6) is -1.77. The Bertz CT molecular complexity index is 1210. The lowest BCUT2D eigenvalue weighted by Gasteiger charge is -2.14. The van der Waals surface area contributed by atoms with Crippen molar-refractivity contribution in [3.63, 3.8) is 0 Å². The largest absolute Gasteiger partial charge is 0.478 e. The Balaban J connectivity index is 1.89. The number of benzene rings is 3. The molecule has 154 valence electrons. The van der Waals surface area contributed by atoms with Gasteiger partial charge in [-0.3, -0.25) is 9.52 Å². The van der Waals surface area contributed by atoms with Crippen LogP contribution in [-0.2, 0) is 10.0 Å². The van der Waals surface area contributed by atoms with Crippen molar-refractivity contribution in [2.45, 2.75) is 4.90 Å². The summed E-state index contributed by atoms with van der Waals surface area (Å²) in [5.41, 5.74) is 0.273. The van der Waals surface area contributed by atoms with Gasteiger partial charge in [-0.1, -0.05) is 29.3 Å². The highest BCUT2D eigenvalue weighted by Gasteiger charge is 2.21. The molecule has 0 fully saturated rings. The van der Waals surface area contributed by atoms with E-state index in [0.29, 0.717) is 10.7 Å². The van der Waals surface area contributed by atoms with E-state index in [-0.39, 0.29) is 26.7 Å². The lowest BCUT2D eigenvalue weighted by atomic mass is 10.1. The quantitative estimate of drug-likeness (QED) is 0.487. The molecular formula is C20H14Cl2N2O5S. The van der Waals surface area contributed by atoms with Crippen molar-refractivity contribution >= 4 is 56.5 Å². The number of carbonyl (C=O) groups is 2. The fourth-order valence-corrected chi connectivity index (χ4v) is 4.01. The lowest BCUT2D eigenvalue weighted by molar-refractivity contribution is 0.0696. The first-order valence-corrected chi connectivity index (χ1v) is 10.6. The maximum absolute atomic E-state index is 12.8. The molecule has 0 radical (unpaired) electrons. The first kappa shape index (κ1) is 21.6. The van der Waals surface area contributed by atoms with Crippen molar-refractivity contribution in [1.82, 2.24) is 0 Å². The molecule has 0 aliphatic heterocycles. The van der Waals surface area contributed by atoms with Crippen molar-refractivity contribution in [2.24, 2.45) is 0 Å². The predicted molar refractivity (Wildman–Crippen MR) is 115 cm³/mol. The molecular weight excluding hydrogens is 451 g/mol. The zero-order chi connectivity index (χ0) is 21.9. The van der Waals surface area contributed by atoms with Gasteiger partial charge >= 0.3 is 5.97 Å². The summed E-state index contributed by atoms with van der Waals surface area (Å²) in [5, 5.41) is 11.9. The number of sulfonamides is 1. The van der Waals surface area contributed by atoms with Crippen LogP contribution < -0.4 is 10.0 Å². The van der Waals surface area contributed by atoms with E-state index < -0.39 is 21.9 Å². The van der Waals surface area contributed by atoms with Crippen LogP contribution in [0.3, 0.4) is 0 Å². The van der Waals surface area contributed by atoms with Crippen molar-refractivity contribution in [2.75, 3.05) is 10.0 Å². The van der Waals surface area contributed by atoms with E-state index in [1.807, 2.05) is 0 Å². The van der Waals surface area contributed by atoms with Crippen molar-refractivity contribution in [1.29, 1.82) is 0 Å². The molecule has 10 heteroatoms. The van der Waals surface area contributed by atoms with E-state index in [9.17, 15) is 18.0 Å². The summed E-state index contributed by atoms with van der Waals surface area (Å²) in [6, 6.07) is 15.4. The minimum atomic E-state index is -4.00. The van der Waals surface area contributed by atoms with Crippen LogP contribution in [0.2, 0.25) is 10.0 Å². The Morgan fingerprint density at radius 3 is 2.10 bits per heavy atom. The first-order chi connectivity index (χ1) is 14.2. The lowest BCUT2D eigenvalue weighted by Crippen LogP contribution is -2.19. The molecule has 0 heterocycles. The minimum absolute atomic E-state index is 0.0166. The van der Waals surface area contributed by atoms with E-state index in [1.54, 1.807) is 0 Å². The number of aromatic carboxylic acids is 1. The van der Waals surface area contributed by atoms with Gasteiger partial charge in [0.1, 0.15) is 0 Å². The van der Waals surface area contributed by atoms with Gasteiger partial charge in [0, 0.05) is 10.7 Å². The van der Waals surface area contributed by atoms with Crippen molar-refractivity contribution in [3.05, 3.63) is 87.9 Å². The van der Waals surface area contributed by atoms with Gasteiger partial charge in [-0.05, 0) is 60.7 Å². The summed E-state index contributed by atoms with van der Waals surface area (Å²) < 4.78 is 27.7. The van der Waals surface area contributed by atoms with Gasteiger partial charge in [-0.15, -0.1) is 0 Å². The molecule has 0 unspecified atom stereocenters. The molecule has 7 nitrogen and oxygen atoms in total. The highest BCUT2D eigenvalue weighted by Crippen LogP contribution is 2.28. The van der Waals surface area contributed by atoms with Gasteiger partial charge in [0.05, 0.1) is 26.7 Å². The maximum atomic E-state index is 12.8. The predicted octanol–water partition coefficient (Wildman–Crippen LogP) is 4.74. The average molecular weight is 465 g/mol. The monoisotopic (exact) mass is 464 g/mol. The van der Waals surface area contributed by atoms with Crippen molar-refractivity contribution < 1.29 is 23.1 Å². The smallest absolute Gasteiger partial charge is 0.335 e. The Hall–Kier alpha value is -3.07. The molecule has 1 amide bonds. The molecule has 30 heavy (non-hydrogen) atoms. The third-order valence-corrected chi connectivity index (χ3v) is 5.95. The van der Waals surface area contributed by atoms with Gasteiger partial charge in [0.25, 0.3) is 15.9 Å². The number of rotatable bonds is 6. The SMILES string of the molecule is O=C(O)c1ccc(NC(=O)c2c(Cl)cccc2NS(=O)(=O)c2ccc(Cl)cc2)cc1. The molecule has 0 aliphatic rings.